The van der Waals surface area contributed by atoms with Crippen LogP contribution in [0.2, 0.25) is 14.4 Å². The summed E-state index contributed by atoms with van der Waals surface area (Å²) in [6.45, 7) is 0. The summed E-state index contributed by atoms with van der Waals surface area (Å²) >= 11 is 19.5. The summed E-state index contributed by atoms with van der Waals surface area (Å²) in [5.74, 6) is -0.254. The second-order valence-corrected chi connectivity index (χ2v) is 8.29. The highest BCUT2D eigenvalue weighted by molar-refractivity contribution is 7.19. The molecule has 27 heavy (non-hydrogen) atoms. The Bertz CT molecular complexity index is 1170. The van der Waals surface area contributed by atoms with E-state index in [2.05, 4.69) is 10.3 Å². The summed E-state index contributed by atoms with van der Waals surface area (Å²) in [7, 11) is 0. The average molecular weight is 434 g/mol. The second kappa shape index (κ2) is 7.49. The van der Waals surface area contributed by atoms with Gasteiger partial charge in [-0.2, -0.15) is 0 Å². The molecule has 0 atom stereocenters. The number of nitrogens with one attached hydrogen (secondary N) is 1. The van der Waals surface area contributed by atoms with Gasteiger partial charge in [-0.15, -0.1) is 11.3 Å². The van der Waals surface area contributed by atoms with Crippen LogP contribution in [0.25, 0.3) is 21.5 Å². The van der Waals surface area contributed by atoms with Gasteiger partial charge >= 0.3 is 0 Å². The van der Waals surface area contributed by atoms with Gasteiger partial charge < -0.3 is 5.32 Å². The molecule has 0 unspecified atom stereocenters. The maximum atomic E-state index is 13.0. The second-order valence-electron chi connectivity index (χ2n) is 5.76. The number of rotatable bonds is 3. The number of pyridine rings is 1. The number of carbonyl (C=O) groups excluding carboxylic acids is 1. The molecule has 2 aromatic carbocycles. The van der Waals surface area contributed by atoms with Crippen molar-refractivity contribution >= 4 is 68.6 Å². The number of anilines is 1. The molecule has 0 spiro atoms. The largest absolute Gasteiger partial charge is 0.322 e. The Morgan fingerprint density at radius 3 is 2.48 bits per heavy atom. The van der Waals surface area contributed by atoms with Crippen LogP contribution in [0, 0.1) is 0 Å². The fraction of sp³-hybridized carbons (Fsp3) is 0. The third kappa shape index (κ3) is 3.80. The summed E-state index contributed by atoms with van der Waals surface area (Å²) in [4.78, 5) is 18.5. The van der Waals surface area contributed by atoms with E-state index in [0.29, 0.717) is 31.3 Å². The molecule has 4 rings (SSSR count). The highest BCUT2D eigenvalue weighted by atomic mass is 35.5. The van der Waals surface area contributed by atoms with Crippen LogP contribution in [0.3, 0.4) is 0 Å². The van der Waals surface area contributed by atoms with Crippen molar-refractivity contribution in [3.05, 3.63) is 80.6 Å². The number of hydrogen-bond acceptors (Lipinski definition) is 3. The minimum absolute atomic E-state index is 0.254. The number of hydrogen-bond donors (Lipinski definition) is 1. The van der Waals surface area contributed by atoms with E-state index in [9.17, 15) is 4.79 Å². The summed E-state index contributed by atoms with van der Waals surface area (Å²) in [5.41, 5.74) is 2.52. The van der Waals surface area contributed by atoms with E-state index in [1.54, 1.807) is 24.3 Å². The molecule has 4 aromatic rings. The summed E-state index contributed by atoms with van der Waals surface area (Å²) < 4.78 is 0.668. The minimum Gasteiger partial charge on any atom is -0.322 e. The minimum atomic E-state index is -0.254. The maximum Gasteiger partial charge on any atom is 0.256 e. The standard InChI is InChI=1S/C20H11Cl3N2OS/c21-14-6-5-11(9-15(14)22)24-20(26)13-10-17(18-7-8-19(23)27-18)25-16-4-2-1-3-12(13)16/h1-10H,(H,24,26). The van der Waals surface area contributed by atoms with Gasteiger partial charge in [-0.05, 0) is 42.5 Å². The molecule has 1 amide bonds. The van der Waals surface area contributed by atoms with Crippen molar-refractivity contribution in [3.8, 4) is 10.6 Å². The van der Waals surface area contributed by atoms with Crippen LogP contribution in [0.1, 0.15) is 10.4 Å². The maximum absolute atomic E-state index is 13.0. The van der Waals surface area contributed by atoms with E-state index in [1.165, 1.54) is 11.3 Å². The fourth-order valence-electron chi connectivity index (χ4n) is 2.71. The number of halogens is 3. The summed E-state index contributed by atoms with van der Waals surface area (Å²) in [5, 5.41) is 4.44. The van der Waals surface area contributed by atoms with Crippen LogP contribution < -0.4 is 5.32 Å². The van der Waals surface area contributed by atoms with E-state index in [1.807, 2.05) is 36.4 Å². The lowest BCUT2D eigenvalue weighted by atomic mass is 10.1. The number of carbonyl (C=O) groups is 1. The Labute approximate surface area is 174 Å². The molecule has 3 nitrogen and oxygen atoms in total. The smallest absolute Gasteiger partial charge is 0.256 e. The third-order valence-electron chi connectivity index (χ3n) is 3.96. The Morgan fingerprint density at radius 1 is 0.926 bits per heavy atom. The lowest BCUT2D eigenvalue weighted by Gasteiger charge is -2.10. The van der Waals surface area contributed by atoms with Gasteiger partial charge in [0.2, 0.25) is 0 Å². The van der Waals surface area contributed by atoms with Gasteiger partial charge in [0.05, 0.1) is 36.0 Å². The van der Waals surface area contributed by atoms with Crippen molar-refractivity contribution in [1.82, 2.24) is 4.98 Å². The molecule has 2 heterocycles. The quantitative estimate of drug-likeness (QED) is 0.372. The number of amides is 1. The predicted octanol–water partition coefficient (Wildman–Crippen LogP) is 7.18. The molecular formula is C20H11Cl3N2OS. The normalized spacial score (nSPS) is 10.9. The first-order valence-corrected chi connectivity index (χ1v) is 9.88. The van der Waals surface area contributed by atoms with Gasteiger partial charge in [0.15, 0.2) is 0 Å². The first-order valence-electron chi connectivity index (χ1n) is 7.93. The van der Waals surface area contributed by atoms with Crippen molar-refractivity contribution in [3.63, 3.8) is 0 Å². The first kappa shape index (κ1) is 18.3. The zero-order chi connectivity index (χ0) is 19.0. The highest BCUT2D eigenvalue weighted by Crippen LogP contribution is 2.33. The number of nitrogens with zero attached hydrogens (tertiary/aromatic N) is 1. The number of para-hydroxylation sites is 1. The fourth-order valence-corrected chi connectivity index (χ4v) is 4.02. The van der Waals surface area contributed by atoms with E-state index < -0.39 is 0 Å². The Hall–Kier alpha value is -2.11. The Balaban J connectivity index is 1.79. The molecule has 134 valence electrons. The zero-order valence-corrected chi connectivity index (χ0v) is 16.8. The van der Waals surface area contributed by atoms with Crippen molar-refractivity contribution in [1.29, 1.82) is 0 Å². The van der Waals surface area contributed by atoms with Crippen LogP contribution in [0.4, 0.5) is 5.69 Å². The van der Waals surface area contributed by atoms with Crippen LogP contribution in [-0.2, 0) is 0 Å². The van der Waals surface area contributed by atoms with Gasteiger partial charge in [0, 0.05) is 11.1 Å². The molecule has 0 saturated heterocycles. The SMILES string of the molecule is O=C(Nc1ccc(Cl)c(Cl)c1)c1cc(-c2ccc(Cl)s2)nc2ccccc12. The van der Waals surface area contributed by atoms with Crippen molar-refractivity contribution in [2.45, 2.75) is 0 Å². The van der Waals surface area contributed by atoms with Gasteiger partial charge in [0.1, 0.15) is 0 Å². The first-order chi connectivity index (χ1) is 13.0. The summed E-state index contributed by atoms with van der Waals surface area (Å²) in [6, 6.07) is 18.0. The molecule has 0 aliphatic rings. The van der Waals surface area contributed by atoms with Crippen molar-refractivity contribution in [2.75, 3.05) is 5.32 Å². The van der Waals surface area contributed by atoms with E-state index in [4.69, 9.17) is 34.8 Å². The highest BCUT2D eigenvalue weighted by Gasteiger charge is 2.15. The molecule has 0 aliphatic heterocycles. The van der Waals surface area contributed by atoms with Gasteiger partial charge in [-0.25, -0.2) is 4.98 Å². The van der Waals surface area contributed by atoms with E-state index in [0.717, 1.165) is 15.8 Å². The molecule has 0 aliphatic carbocycles. The van der Waals surface area contributed by atoms with Gasteiger partial charge in [0.25, 0.3) is 5.91 Å². The molecule has 0 saturated carbocycles. The number of thiophene rings is 1. The van der Waals surface area contributed by atoms with Crippen LogP contribution in [-0.4, -0.2) is 10.9 Å². The lowest BCUT2D eigenvalue weighted by molar-refractivity contribution is 0.102. The summed E-state index contributed by atoms with van der Waals surface area (Å²) in [6.07, 6.45) is 0. The molecule has 0 radical (unpaired) electrons. The van der Waals surface area contributed by atoms with Crippen LogP contribution in [0.15, 0.2) is 60.7 Å². The number of fused-ring (bicyclic) bond motifs is 1. The molecular weight excluding hydrogens is 423 g/mol. The average Bonchev–Trinajstić information content (AvgIpc) is 3.10. The Morgan fingerprint density at radius 2 is 1.74 bits per heavy atom. The predicted molar refractivity (Wildman–Crippen MR) is 114 cm³/mol. The van der Waals surface area contributed by atoms with Gasteiger partial charge in [-0.1, -0.05) is 53.0 Å². The molecule has 0 fully saturated rings. The Kier molecular flexibility index (Phi) is 5.06. The van der Waals surface area contributed by atoms with Gasteiger partial charge in [-0.3, -0.25) is 4.79 Å². The molecule has 7 heteroatoms. The molecule has 0 bridgehead atoms. The topological polar surface area (TPSA) is 42.0 Å². The lowest BCUT2D eigenvalue weighted by Crippen LogP contribution is -2.13. The van der Waals surface area contributed by atoms with E-state index >= 15 is 0 Å². The van der Waals surface area contributed by atoms with Crippen molar-refractivity contribution < 1.29 is 4.79 Å². The van der Waals surface area contributed by atoms with E-state index in [-0.39, 0.29) is 5.91 Å². The zero-order valence-electron chi connectivity index (χ0n) is 13.7. The third-order valence-corrected chi connectivity index (χ3v) is 5.96. The molecule has 2 aromatic heterocycles. The number of aromatic nitrogens is 1. The number of benzene rings is 2. The van der Waals surface area contributed by atoms with Crippen LogP contribution >= 0.6 is 46.1 Å². The van der Waals surface area contributed by atoms with Crippen LogP contribution in [0.5, 0.6) is 0 Å². The monoisotopic (exact) mass is 432 g/mol. The van der Waals surface area contributed by atoms with Crippen molar-refractivity contribution in [2.24, 2.45) is 0 Å². The molecule has 1 N–H and O–H groups in total.